The third-order valence-electron chi connectivity index (χ3n) is 6.48. The van der Waals surface area contributed by atoms with Gasteiger partial charge in [0.15, 0.2) is 0 Å². The summed E-state index contributed by atoms with van der Waals surface area (Å²) in [6.07, 6.45) is 11.2. The van der Waals surface area contributed by atoms with Gasteiger partial charge in [0.05, 0.1) is 24.4 Å². The van der Waals surface area contributed by atoms with Gasteiger partial charge >= 0.3 is 0 Å². The summed E-state index contributed by atoms with van der Waals surface area (Å²) in [5.74, 6) is 2.00. The molecule has 150 valence electrons. The van der Waals surface area contributed by atoms with Crippen molar-refractivity contribution >= 4 is 5.91 Å². The molecule has 1 aliphatic heterocycles. The highest BCUT2D eigenvalue weighted by molar-refractivity contribution is 5.78. The summed E-state index contributed by atoms with van der Waals surface area (Å²) in [5.41, 5.74) is 1.04. The van der Waals surface area contributed by atoms with E-state index in [2.05, 4.69) is 30.6 Å². The SMILES string of the molecule is C=CCC(=O)N1CCC[C@H](c2cc[nH]n2)[C@@H]1CO[C@H]1CC[C@@H](C(C)C)CC1. The number of nitrogens with one attached hydrogen (secondary N) is 1. The summed E-state index contributed by atoms with van der Waals surface area (Å²) in [7, 11) is 0. The van der Waals surface area contributed by atoms with Gasteiger partial charge in [0, 0.05) is 25.1 Å². The molecule has 0 unspecified atom stereocenters. The van der Waals surface area contributed by atoms with E-state index < -0.39 is 0 Å². The molecule has 1 aliphatic carbocycles. The monoisotopic (exact) mass is 373 g/mol. The number of amides is 1. The topological polar surface area (TPSA) is 58.2 Å². The smallest absolute Gasteiger partial charge is 0.226 e. The molecule has 27 heavy (non-hydrogen) atoms. The van der Waals surface area contributed by atoms with Crippen LogP contribution < -0.4 is 0 Å². The fraction of sp³-hybridized carbons (Fsp3) is 0.727. The van der Waals surface area contributed by atoms with Crippen molar-refractivity contribution < 1.29 is 9.53 Å². The summed E-state index contributed by atoms with van der Waals surface area (Å²) < 4.78 is 6.38. The van der Waals surface area contributed by atoms with Crippen molar-refractivity contribution in [2.24, 2.45) is 11.8 Å². The number of carbonyl (C=O) groups excluding carboxylic acids is 1. The second-order valence-electron chi connectivity index (χ2n) is 8.51. The van der Waals surface area contributed by atoms with Crippen LogP contribution >= 0.6 is 0 Å². The molecule has 5 nitrogen and oxygen atoms in total. The maximum Gasteiger partial charge on any atom is 0.226 e. The number of piperidine rings is 1. The lowest BCUT2D eigenvalue weighted by Crippen LogP contribution is -2.50. The molecule has 1 N–H and O–H groups in total. The van der Waals surface area contributed by atoms with Crippen LogP contribution in [0.4, 0.5) is 0 Å². The molecule has 0 spiro atoms. The van der Waals surface area contributed by atoms with Crippen molar-refractivity contribution in [2.45, 2.75) is 76.9 Å². The maximum absolute atomic E-state index is 12.7. The van der Waals surface area contributed by atoms with Crippen LogP contribution in [0.2, 0.25) is 0 Å². The number of H-pyrrole nitrogens is 1. The van der Waals surface area contributed by atoms with Crippen LogP contribution in [-0.2, 0) is 9.53 Å². The highest BCUT2D eigenvalue weighted by Crippen LogP contribution is 2.35. The Balaban J connectivity index is 1.65. The minimum atomic E-state index is 0.0670. The Hall–Kier alpha value is -1.62. The van der Waals surface area contributed by atoms with E-state index in [0.717, 1.165) is 49.8 Å². The molecule has 2 aliphatic rings. The molecule has 0 bridgehead atoms. The van der Waals surface area contributed by atoms with Crippen molar-refractivity contribution in [3.05, 3.63) is 30.6 Å². The van der Waals surface area contributed by atoms with E-state index in [0.29, 0.717) is 19.1 Å². The Morgan fingerprint density at radius 3 is 2.78 bits per heavy atom. The summed E-state index contributed by atoms with van der Waals surface area (Å²) in [6, 6.07) is 2.10. The van der Waals surface area contributed by atoms with E-state index >= 15 is 0 Å². The zero-order chi connectivity index (χ0) is 19.2. The van der Waals surface area contributed by atoms with Gasteiger partial charge in [-0.1, -0.05) is 19.9 Å². The molecule has 0 radical (unpaired) electrons. The molecule has 5 heteroatoms. The molecular formula is C22H35N3O2. The average molecular weight is 374 g/mol. The number of ether oxygens (including phenoxy) is 1. The van der Waals surface area contributed by atoms with Crippen molar-refractivity contribution in [1.29, 1.82) is 0 Å². The quantitative estimate of drug-likeness (QED) is 0.725. The van der Waals surface area contributed by atoms with Gasteiger partial charge in [-0.3, -0.25) is 9.89 Å². The number of nitrogens with zero attached hydrogens (tertiary/aromatic N) is 2. The van der Waals surface area contributed by atoms with Crippen molar-refractivity contribution in [2.75, 3.05) is 13.2 Å². The van der Waals surface area contributed by atoms with Crippen LogP contribution in [0.1, 0.15) is 70.4 Å². The minimum Gasteiger partial charge on any atom is -0.376 e. The van der Waals surface area contributed by atoms with Gasteiger partial charge in [-0.2, -0.15) is 5.10 Å². The lowest BCUT2D eigenvalue weighted by molar-refractivity contribution is -0.137. The molecule has 2 fully saturated rings. The molecule has 1 saturated heterocycles. The van der Waals surface area contributed by atoms with Crippen LogP contribution in [0, 0.1) is 11.8 Å². The van der Waals surface area contributed by atoms with Gasteiger partial charge in [-0.05, 0) is 56.4 Å². The molecule has 1 saturated carbocycles. The second-order valence-corrected chi connectivity index (χ2v) is 8.51. The van der Waals surface area contributed by atoms with Crippen molar-refractivity contribution in [3.63, 3.8) is 0 Å². The minimum absolute atomic E-state index is 0.0670. The Kier molecular flexibility index (Phi) is 7.11. The summed E-state index contributed by atoms with van der Waals surface area (Å²) in [5, 5.41) is 7.34. The molecule has 3 rings (SSSR count). The van der Waals surface area contributed by atoms with Crippen LogP contribution in [-0.4, -0.2) is 46.3 Å². The predicted molar refractivity (Wildman–Crippen MR) is 107 cm³/mol. The summed E-state index contributed by atoms with van der Waals surface area (Å²) >= 11 is 0. The molecule has 0 aromatic carbocycles. The third-order valence-corrected chi connectivity index (χ3v) is 6.48. The van der Waals surface area contributed by atoms with Crippen LogP contribution in [0.3, 0.4) is 0 Å². The standard InChI is InChI=1S/C22H35N3O2/c1-4-6-22(26)25-14-5-7-19(20-12-13-23-24-20)21(25)15-27-18-10-8-17(9-11-18)16(2)3/h4,12-13,16-19,21H,1,5-11,14-15H2,2-3H3,(H,23,24)/t17-,18+,19-,21+/m1/s1. The molecular weight excluding hydrogens is 338 g/mol. The highest BCUT2D eigenvalue weighted by atomic mass is 16.5. The van der Waals surface area contributed by atoms with E-state index in [1.54, 1.807) is 6.08 Å². The number of carbonyl (C=O) groups is 1. The number of rotatable bonds is 7. The van der Waals surface area contributed by atoms with E-state index in [1.807, 2.05) is 17.2 Å². The van der Waals surface area contributed by atoms with Gasteiger partial charge in [0.2, 0.25) is 5.91 Å². The third kappa shape index (κ3) is 5.01. The van der Waals surface area contributed by atoms with Crippen LogP contribution in [0.5, 0.6) is 0 Å². The van der Waals surface area contributed by atoms with Crippen LogP contribution in [0.15, 0.2) is 24.9 Å². The fourth-order valence-electron chi connectivity index (χ4n) is 4.79. The summed E-state index contributed by atoms with van der Waals surface area (Å²) in [4.78, 5) is 14.7. The normalized spacial score (nSPS) is 29.1. The van der Waals surface area contributed by atoms with Crippen molar-refractivity contribution in [1.82, 2.24) is 15.1 Å². The maximum atomic E-state index is 12.7. The van der Waals surface area contributed by atoms with Gasteiger partial charge in [-0.25, -0.2) is 0 Å². The fourth-order valence-corrected chi connectivity index (χ4v) is 4.79. The van der Waals surface area contributed by atoms with Gasteiger partial charge in [0.25, 0.3) is 0 Å². The molecule has 1 amide bonds. The second kappa shape index (κ2) is 9.54. The first kappa shape index (κ1) is 20.1. The zero-order valence-corrected chi connectivity index (χ0v) is 16.9. The average Bonchev–Trinajstić information content (AvgIpc) is 3.21. The number of aromatic nitrogens is 2. The number of aromatic amines is 1. The molecule has 1 aromatic rings. The van der Waals surface area contributed by atoms with E-state index in [9.17, 15) is 4.79 Å². The Morgan fingerprint density at radius 2 is 2.15 bits per heavy atom. The predicted octanol–water partition coefficient (Wildman–Crippen LogP) is 4.29. The van der Waals surface area contributed by atoms with E-state index in [4.69, 9.17) is 4.74 Å². The van der Waals surface area contributed by atoms with Gasteiger partial charge in [-0.15, -0.1) is 6.58 Å². The first-order valence-electron chi connectivity index (χ1n) is 10.6. The largest absolute Gasteiger partial charge is 0.376 e. The van der Waals surface area contributed by atoms with Gasteiger partial charge in [0.1, 0.15) is 0 Å². The number of hydrogen-bond donors (Lipinski definition) is 1. The Morgan fingerprint density at radius 1 is 1.37 bits per heavy atom. The first-order chi connectivity index (χ1) is 13.1. The number of likely N-dealkylation sites (tertiary alicyclic amines) is 1. The van der Waals surface area contributed by atoms with E-state index in [-0.39, 0.29) is 17.9 Å². The first-order valence-corrected chi connectivity index (χ1v) is 10.6. The molecule has 1 aromatic heterocycles. The Labute approximate surface area is 163 Å². The lowest BCUT2D eigenvalue weighted by Gasteiger charge is -2.41. The summed E-state index contributed by atoms with van der Waals surface area (Å²) in [6.45, 7) is 9.80. The lowest BCUT2D eigenvalue weighted by atomic mass is 9.80. The highest BCUT2D eigenvalue weighted by Gasteiger charge is 2.36. The zero-order valence-electron chi connectivity index (χ0n) is 16.9. The Bertz CT molecular complexity index is 591. The van der Waals surface area contributed by atoms with Gasteiger partial charge < -0.3 is 9.64 Å². The van der Waals surface area contributed by atoms with E-state index in [1.165, 1.54) is 12.8 Å². The number of hydrogen-bond acceptors (Lipinski definition) is 3. The van der Waals surface area contributed by atoms with Crippen LogP contribution in [0.25, 0.3) is 0 Å². The van der Waals surface area contributed by atoms with Crippen molar-refractivity contribution in [3.8, 4) is 0 Å². The molecule has 2 atom stereocenters. The molecule has 2 heterocycles.